The maximum atomic E-state index is 14.1. The van der Waals surface area contributed by atoms with Crippen molar-refractivity contribution in [1.82, 2.24) is 15.1 Å². The van der Waals surface area contributed by atoms with Crippen molar-refractivity contribution in [2.24, 2.45) is 10.9 Å². The molecular formula is C21H34F2IN5. The zero-order valence-electron chi connectivity index (χ0n) is 17.5. The fourth-order valence-electron chi connectivity index (χ4n) is 4.12. The molecule has 0 saturated carbocycles. The molecule has 0 aromatic heterocycles. The van der Waals surface area contributed by atoms with Gasteiger partial charge in [-0.3, -0.25) is 4.99 Å². The Morgan fingerprint density at radius 1 is 1.14 bits per heavy atom. The number of hydrogen-bond acceptors (Lipinski definition) is 3. The maximum Gasteiger partial charge on any atom is 0.194 e. The van der Waals surface area contributed by atoms with Gasteiger partial charge >= 0.3 is 0 Å². The summed E-state index contributed by atoms with van der Waals surface area (Å²) < 4.78 is 27.6. The van der Waals surface area contributed by atoms with Crippen molar-refractivity contribution in [3.8, 4) is 0 Å². The summed E-state index contributed by atoms with van der Waals surface area (Å²) in [5.41, 5.74) is 0.350. The molecule has 1 atom stereocenters. The van der Waals surface area contributed by atoms with Crippen LogP contribution in [0.3, 0.4) is 0 Å². The lowest BCUT2D eigenvalue weighted by Crippen LogP contribution is -2.53. The number of rotatable bonds is 5. The lowest BCUT2D eigenvalue weighted by molar-refractivity contribution is 0.186. The number of aliphatic imine (C=N–C) groups is 1. The molecule has 3 rings (SSSR count). The van der Waals surface area contributed by atoms with Gasteiger partial charge in [0.15, 0.2) is 5.96 Å². The molecule has 1 unspecified atom stereocenters. The monoisotopic (exact) mass is 521 g/mol. The highest BCUT2D eigenvalue weighted by Gasteiger charge is 2.23. The molecule has 8 heteroatoms. The van der Waals surface area contributed by atoms with Gasteiger partial charge in [-0.05, 0) is 50.9 Å². The summed E-state index contributed by atoms with van der Waals surface area (Å²) in [5.74, 6) is 0.788. The smallest absolute Gasteiger partial charge is 0.194 e. The van der Waals surface area contributed by atoms with Gasteiger partial charge in [-0.15, -0.1) is 24.0 Å². The summed E-state index contributed by atoms with van der Waals surface area (Å²) in [6.45, 7) is 12.2. The van der Waals surface area contributed by atoms with Crippen molar-refractivity contribution >= 4 is 35.6 Å². The van der Waals surface area contributed by atoms with E-state index in [1.54, 1.807) is 0 Å². The molecule has 2 saturated heterocycles. The second kappa shape index (κ2) is 11.9. The molecule has 1 N–H and O–H groups in total. The first-order valence-electron chi connectivity index (χ1n) is 10.6. The molecule has 29 heavy (non-hydrogen) atoms. The van der Waals surface area contributed by atoms with Gasteiger partial charge in [-0.25, -0.2) is 8.78 Å². The third kappa shape index (κ3) is 6.67. The Morgan fingerprint density at radius 3 is 2.59 bits per heavy atom. The van der Waals surface area contributed by atoms with Gasteiger partial charge in [-0.1, -0.05) is 6.92 Å². The van der Waals surface area contributed by atoms with Crippen molar-refractivity contribution in [3.63, 3.8) is 0 Å². The van der Waals surface area contributed by atoms with Crippen LogP contribution in [-0.2, 0) is 0 Å². The zero-order chi connectivity index (χ0) is 19.9. The predicted molar refractivity (Wildman–Crippen MR) is 126 cm³/mol. The van der Waals surface area contributed by atoms with E-state index < -0.39 is 5.82 Å². The van der Waals surface area contributed by atoms with Gasteiger partial charge in [0.25, 0.3) is 0 Å². The van der Waals surface area contributed by atoms with Crippen molar-refractivity contribution in [2.45, 2.75) is 26.7 Å². The Kier molecular flexibility index (Phi) is 9.88. The van der Waals surface area contributed by atoms with Gasteiger partial charge in [0, 0.05) is 51.9 Å². The number of guanidine groups is 1. The highest BCUT2D eigenvalue weighted by atomic mass is 127. The van der Waals surface area contributed by atoms with E-state index in [0.717, 1.165) is 51.3 Å². The van der Waals surface area contributed by atoms with Gasteiger partial charge < -0.3 is 20.0 Å². The normalized spacial score (nSPS) is 21.1. The van der Waals surface area contributed by atoms with Crippen LogP contribution >= 0.6 is 24.0 Å². The molecule has 2 fully saturated rings. The SMILES string of the molecule is CCNC(=NCC1CCCN(CC)C1)N1CCN(c2cc(F)ccc2F)CC1.I. The van der Waals surface area contributed by atoms with Gasteiger partial charge in [0.1, 0.15) is 11.6 Å². The molecule has 2 heterocycles. The molecule has 164 valence electrons. The Morgan fingerprint density at radius 2 is 1.90 bits per heavy atom. The number of piperidine rings is 1. The minimum atomic E-state index is -0.401. The number of nitrogens with zero attached hydrogens (tertiary/aromatic N) is 4. The summed E-state index contributed by atoms with van der Waals surface area (Å²) in [4.78, 5) is 11.6. The third-order valence-corrected chi connectivity index (χ3v) is 5.71. The molecule has 1 aromatic rings. The Balaban J connectivity index is 0.00000300. The summed E-state index contributed by atoms with van der Waals surface area (Å²) in [6.07, 6.45) is 2.49. The van der Waals surface area contributed by atoms with Crippen LogP contribution in [0, 0.1) is 17.6 Å². The topological polar surface area (TPSA) is 34.1 Å². The number of halogens is 3. The molecule has 2 aliphatic heterocycles. The molecule has 0 radical (unpaired) electrons. The molecule has 0 aliphatic carbocycles. The van der Waals surface area contributed by atoms with Crippen LogP contribution in [0.2, 0.25) is 0 Å². The molecule has 0 amide bonds. The van der Waals surface area contributed by atoms with E-state index in [2.05, 4.69) is 29.0 Å². The maximum absolute atomic E-state index is 14.1. The van der Waals surface area contributed by atoms with E-state index in [0.29, 0.717) is 24.7 Å². The van der Waals surface area contributed by atoms with Crippen molar-refractivity contribution < 1.29 is 8.78 Å². The fourth-order valence-corrected chi connectivity index (χ4v) is 4.12. The average Bonchev–Trinajstić information content (AvgIpc) is 2.73. The van der Waals surface area contributed by atoms with E-state index in [1.165, 1.54) is 31.5 Å². The molecule has 0 bridgehead atoms. The van der Waals surface area contributed by atoms with Crippen LogP contribution in [0.5, 0.6) is 0 Å². The third-order valence-electron chi connectivity index (χ3n) is 5.71. The molecular weight excluding hydrogens is 487 g/mol. The summed E-state index contributed by atoms with van der Waals surface area (Å²) in [7, 11) is 0. The Labute approximate surface area is 190 Å². The van der Waals surface area contributed by atoms with Crippen LogP contribution in [0.15, 0.2) is 23.2 Å². The van der Waals surface area contributed by atoms with Gasteiger partial charge in [0.2, 0.25) is 0 Å². The van der Waals surface area contributed by atoms with Crippen LogP contribution in [0.4, 0.5) is 14.5 Å². The summed E-state index contributed by atoms with van der Waals surface area (Å²) in [5, 5.41) is 3.40. The number of piperazine rings is 1. The first-order chi connectivity index (χ1) is 13.6. The fraction of sp³-hybridized carbons (Fsp3) is 0.667. The minimum Gasteiger partial charge on any atom is -0.366 e. The summed E-state index contributed by atoms with van der Waals surface area (Å²) >= 11 is 0. The highest BCUT2D eigenvalue weighted by Crippen LogP contribution is 2.22. The van der Waals surface area contributed by atoms with Crippen molar-refractivity contribution in [3.05, 3.63) is 29.8 Å². The van der Waals surface area contributed by atoms with Crippen LogP contribution in [-0.4, -0.2) is 74.7 Å². The van der Waals surface area contributed by atoms with E-state index >= 15 is 0 Å². The Hall–Kier alpha value is -1.16. The van der Waals surface area contributed by atoms with E-state index in [1.807, 2.05) is 4.90 Å². The van der Waals surface area contributed by atoms with E-state index in [9.17, 15) is 8.78 Å². The lowest BCUT2D eigenvalue weighted by Gasteiger charge is -2.38. The minimum absolute atomic E-state index is 0. The standard InChI is InChI=1S/C21H33F2N5.HI/c1-3-24-21(25-15-17-6-5-9-26(4-2)16-17)28-12-10-27(11-13-28)20-14-18(22)7-8-19(20)23;/h7-8,14,17H,3-6,9-13,15-16H2,1-2H3,(H,24,25);1H. The van der Waals surface area contributed by atoms with Gasteiger partial charge in [0.05, 0.1) is 5.69 Å². The van der Waals surface area contributed by atoms with Crippen molar-refractivity contribution in [1.29, 1.82) is 0 Å². The second-order valence-electron chi connectivity index (χ2n) is 7.67. The molecule has 0 spiro atoms. The first kappa shape index (κ1) is 24.1. The molecule has 5 nitrogen and oxygen atoms in total. The number of nitrogens with one attached hydrogen (secondary N) is 1. The highest BCUT2D eigenvalue weighted by molar-refractivity contribution is 14.0. The Bertz CT molecular complexity index is 664. The van der Waals surface area contributed by atoms with Gasteiger partial charge in [-0.2, -0.15) is 0 Å². The second-order valence-corrected chi connectivity index (χ2v) is 7.67. The number of hydrogen-bond donors (Lipinski definition) is 1. The number of likely N-dealkylation sites (tertiary alicyclic amines) is 1. The number of anilines is 1. The first-order valence-corrected chi connectivity index (χ1v) is 10.6. The van der Waals surface area contributed by atoms with Crippen molar-refractivity contribution in [2.75, 3.05) is 63.8 Å². The van der Waals surface area contributed by atoms with E-state index in [4.69, 9.17) is 4.99 Å². The zero-order valence-corrected chi connectivity index (χ0v) is 19.9. The average molecular weight is 521 g/mol. The largest absolute Gasteiger partial charge is 0.366 e. The molecule has 1 aromatic carbocycles. The van der Waals surface area contributed by atoms with Crippen LogP contribution in [0.1, 0.15) is 26.7 Å². The summed E-state index contributed by atoms with van der Waals surface area (Å²) in [6, 6.07) is 3.65. The van der Waals surface area contributed by atoms with E-state index in [-0.39, 0.29) is 29.8 Å². The predicted octanol–water partition coefficient (Wildman–Crippen LogP) is 3.40. The molecule has 2 aliphatic rings. The van der Waals surface area contributed by atoms with Crippen LogP contribution < -0.4 is 10.2 Å². The number of benzene rings is 1. The quantitative estimate of drug-likeness (QED) is 0.366. The lowest BCUT2D eigenvalue weighted by atomic mass is 9.98. The van der Waals surface area contributed by atoms with Crippen LogP contribution in [0.25, 0.3) is 0 Å².